The van der Waals surface area contributed by atoms with Gasteiger partial charge in [-0.05, 0) is 48.9 Å². The molecule has 0 radical (unpaired) electrons. The summed E-state index contributed by atoms with van der Waals surface area (Å²) in [5, 5.41) is 2.89. The number of imidazole rings is 1. The molecular formula is C20H21N3O3. The first-order valence-electron chi connectivity index (χ1n) is 8.31. The molecule has 0 aliphatic carbocycles. The van der Waals surface area contributed by atoms with Crippen molar-refractivity contribution in [3.8, 4) is 17.2 Å². The minimum absolute atomic E-state index is 0.167. The zero-order chi connectivity index (χ0) is 18.4. The fraction of sp³-hybridized carbons (Fsp3) is 0.200. The van der Waals surface area contributed by atoms with Crippen molar-refractivity contribution in [2.75, 3.05) is 7.11 Å². The molecule has 2 aromatic carbocycles. The van der Waals surface area contributed by atoms with Crippen molar-refractivity contribution >= 4 is 5.91 Å². The molecule has 0 aliphatic rings. The SMILES string of the molecule is COc1ccc(OC(C)C(=O)NCc2ccc(-n3ccnc3)cc2)cc1. The number of aromatic nitrogens is 2. The van der Waals surface area contributed by atoms with Gasteiger partial charge in [0.1, 0.15) is 11.5 Å². The lowest BCUT2D eigenvalue weighted by atomic mass is 10.2. The maximum Gasteiger partial charge on any atom is 0.261 e. The summed E-state index contributed by atoms with van der Waals surface area (Å²) in [6.07, 6.45) is 4.77. The third-order valence-electron chi connectivity index (χ3n) is 3.95. The third-order valence-corrected chi connectivity index (χ3v) is 3.95. The number of hydrogen-bond acceptors (Lipinski definition) is 4. The predicted molar refractivity (Wildman–Crippen MR) is 98.5 cm³/mol. The Labute approximate surface area is 152 Å². The van der Waals surface area contributed by atoms with E-state index < -0.39 is 6.10 Å². The Morgan fingerprint density at radius 1 is 1.12 bits per heavy atom. The van der Waals surface area contributed by atoms with Crippen molar-refractivity contribution < 1.29 is 14.3 Å². The molecule has 0 spiro atoms. The minimum atomic E-state index is -0.589. The van der Waals surface area contributed by atoms with Crippen molar-refractivity contribution in [1.29, 1.82) is 0 Å². The fourth-order valence-corrected chi connectivity index (χ4v) is 2.44. The lowest BCUT2D eigenvalue weighted by Gasteiger charge is -2.15. The second-order valence-corrected chi connectivity index (χ2v) is 5.79. The zero-order valence-electron chi connectivity index (χ0n) is 14.8. The lowest BCUT2D eigenvalue weighted by molar-refractivity contribution is -0.127. The van der Waals surface area contributed by atoms with Crippen LogP contribution in [0.2, 0.25) is 0 Å². The van der Waals surface area contributed by atoms with Crippen LogP contribution in [0, 0.1) is 0 Å². The molecule has 1 unspecified atom stereocenters. The highest BCUT2D eigenvalue weighted by molar-refractivity contribution is 5.80. The van der Waals surface area contributed by atoms with E-state index in [1.165, 1.54) is 0 Å². The molecule has 0 bridgehead atoms. The molecule has 1 amide bonds. The molecule has 26 heavy (non-hydrogen) atoms. The monoisotopic (exact) mass is 351 g/mol. The molecule has 6 heteroatoms. The van der Waals surface area contributed by atoms with Crippen LogP contribution in [0.5, 0.6) is 11.5 Å². The van der Waals surface area contributed by atoms with E-state index in [1.807, 2.05) is 35.0 Å². The summed E-state index contributed by atoms with van der Waals surface area (Å²) in [4.78, 5) is 16.3. The van der Waals surface area contributed by atoms with Gasteiger partial charge in [0.05, 0.1) is 13.4 Å². The topological polar surface area (TPSA) is 65.4 Å². The maximum absolute atomic E-state index is 12.2. The molecule has 0 saturated heterocycles. The summed E-state index contributed by atoms with van der Waals surface area (Å²) in [7, 11) is 1.61. The largest absolute Gasteiger partial charge is 0.497 e. The number of nitrogens with one attached hydrogen (secondary N) is 1. The van der Waals surface area contributed by atoms with Crippen LogP contribution in [0.1, 0.15) is 12.5 Å². The third kappa shape index (κ3) is 4.42. The summed E-state index contributed by atoms with van der Waals surface area (Å²) >= 11 is 0. The van der Waals surface area contributed by atoms with Gasteiger partial charge in [-0.2, -0.15) is 0 Å². The number of methoxy groups -OCH3 is 1. The smallest absolute Gasteiger partial charge is 0.261 e. The molecule has 3 rings (SSSR count). The molecular weight excluding hydrogens is 330 g/mol. The van der Waals surface area contributed by atoms with Gasteiger partial charge < -0.3 is 19.4 Å². The van der Waals surface area contributed by atoms with Crippen molar-refractivity contribution in [3.05, 3.63) is 72.8 Å². The first kappa shape index (κ1) is 17.5. The van der Waals surface area contributed by atoms with Crippen molar-refractivity contribution in [2.24, 2.45) is 0 Å². The number of carbonyl (C=O) groups excluding carboxylic acids is 1. The quantitative estimate of drug-likeness (QED) is 0.711. The number of carbonyl (C=O) groups is 1. The van der Waals surface area contributed by atoms with Gasteiger partial charge in [-0.15, -0.1) is 0 Å². The summed E-state index contributed by atoms with van der Waals surface area (Å²) in [5.41, 5.74) is 2.03. The Kier molecular flexibility index (Phi) is 5.53. The normalized spacial score (nSPS) is 11.6. The van der Waals surface area contributed by atoms with Crippen LogP contribution in [0.4, 0.5) is 0 Å². The van der Waals surface area contributed by atoms with Crippen LogP contribution in [0.15, 0.2) is 67.3 Å². The van der Waals surface area contributed by atoms with E-state index in [0.29, 0.717) is 12.3 Å². The average molecular weight is 351 g/mol. The van der Waals surface area contributed by atoms with E-state index in [0.717, 1.165) is 17.0 Å². The number of rotatable bonds is 7. The second kappa shape index (κ2) is 8.20. The van der Waals surface area contributed by atoms with Gasteiger partial charge >= 0.3 is 0 Å². The number of hydrogen-bond donors (Lipinski definition) is 1. The molecule has 3 aromatic rings. The van der Waals surface area contributed by atoms with Gasteiger partial charge in [0.15, 0.2) is 6.10 Å². The molecule has 1 heterocycles. The predicted octanol–water partition coefficient (Wildman–Crippen LogP) is 2.96. The van der Waals surface area contributed by atoms with Crippen LogP contribution in [0.25, 0.3) is 5.69 Å². The molecule has 134 valence electrons. The summed E-state index contributed by atoms with van der Waals surface area (Å²) < 4.78 is 12.7. The van der Waals surface area contributed by atoms with Gasteiger partial charge in [-0.25, -0.2) is 4.98 Å². The Hall–Kier alpha value is -3.28. The van der Waals surface area contributed by atoms with Crippen LogP contribution < -0.4 is 14.8 Å². The Morgan fingerprint density at radius 2 is 1.81 bits per heavy atom. The molecule has 1 N–H and O–H groups in total. The average Bonchev–Trinajstić information content (AvgIpc) is 3.22. The summed E-state index contributed by atoms with van der Waals surface area (Å²) in [6, 6.07) is 15.1. The second-order valence-electron chi connectivity index (χ2n) is 5.79. The Balaban J connectivity index is 1.51. The van der Waals surface area contributed by atoms with Crippen LogP contribution in [-0.2, 0) is 11.3 Å². The van der Waals surface area contributed by atoms with Gasteiger partial charge in [-0.3, -0.25) is 4.79 Å². The van der Waals surface area contributed by atoms with Crippen LogP contribution in [0.3, 0.4) is 0 Å². The van der Waals surface area contributed by atoms with Crippen molar-refractivity contribution in [3.63, 3.8) is 0 Å². The first-order chi connectivity index (χ1) is 12.7. The molecule has 0 fully saturated rings. The number of nitrogens with zero attached hydrogens (tertiary/aromatic N) is 2. The molecule has 0 saturated carbocycles. The highest BCUT2D eigenvalue weighted by Gasteiger charge is 2.14. The van der Waals surface area contributed by atoms with Crippen LogP contribution >= 0.6 is 0 Å². The van der Waals surface area contributed by atoms with Crippen LogP contribution in [-0.4, -0.2) is 28.7 Å². The Bertz CT molecular complexity index is 828. The maximum atomic E-state index is 12.2. The van der Waals surface area contributed by atoms with E-state index in [1.54, 1.807) is 50.8 Å². The van der Waals surface area contributed by atoms with Crippen molar-refractivity contribution in [2.45, 2.75) is 19.6 Å². The molecule has 1 atom stereocenters. The molecule has 1 aromatic heterocycles. The standard InChI is InChI=1S/C20H21N3O3/c1-15(26-19-9-7-18(25-2)8-10-19)20(24)22-13-16-3-5-17(6-4-16)23-12-11-21-14-23/h3-12,14-15H,13H2,1-2H3,(H,22,24). The minimum Gasteiger partial charge on any atom is -0.497 e. The van der Waals surface area contributed by atoms with Gasteiger partial charge in [-0.1, -0.05) is 12.1 Å². The Morgan fingerprint density at radius 3 is 2.42 bits per heavy atom. The van der Waals surface area contributed by atoms with E-state index in [-0.39, 0.29) is 5.91 Å². The van der Waals surface area contributed by atoms with Gasteiger partial charge in [0, 0.05) is 24.6 Å². The number of amides is 1. The first-order valence-corrected chi connectivity index (χ1v) is 8.31. The molecule has 0 aliphatic heterocycles. The number of ether oxygens (including phenoxy) is 2. The fourth-order valence-electron chi connectivity index (χ4n) is 2.44. The highest BCUT2D eigenvalue weighted by Crippen LogP contribution is 2.18. The zero-order valence-corrected chi connectivity index (χ0v) is 14.8. The highest BCUT2D eigenvalue weighted by atomic mass is 16.5. The van der Waals surface area contributed by atoms with Crippen molar-refractivity contribution in [1.82, 2.24) is 14.9 Å². The summed E-state index contributed by atoms with van der Waals surface area (Å²) in [6.45, 7) is 2.17. The van der Waals surface area contributed by atoms with Gasteiger partial charge in [0.25, 0.3) is 5.91 Å². The lowest BCUT2D eigenvalue weighted by Crippen LogP contribution is -2.35. The van der Waals surface area contributed by atoms with E-state index in [2.05, 4.69) is 10.3 Å². The summed E-state index contributed by atoms with van der Waals surface area (Å²) in [5.74, 6) is 1.20. The van der Waals surface area contributed by atoms with E-state index in [4.69, 9.17) is 9.47 Å². The van der Waals surface area contributed by atoms with E-state index >= 15 is 0 Å². The van der Waals surface area contributed by atoms with Gasteiger partial charge in [0.2, 0.25) is 0 Å². The molecule has 6 nitrogen and oxygen atoms in total. The number of benzene rings is 2. The van der Waals surface area contributed by atoms with E-state index in [9.17, 15) is 4.79 Å².